The molecule has 3 amide bonds. The van der Waals surface area contributed by atoms with E-state index in [2.05, 4.69) is 21.3 Å². The van der Waals surface area contributed by atoms with Crippen LogP contribution in [0.3, 0.4) is 0 Å². The van der Waals surface area contributed by atoms with E-state index in [4.69, 9.17) is 0 Å². The molecule has 0 aliphatic carbocycles. The molecule has 0 unspecified atom stereocenters. The Kier molecular flexibility index (Phi) is 7.96. The van der Waals surface area contributed by atoms with Crippen LogP contribution < -0.4 is 21.3 Å². The van der Waals surface area contributed by atoms with Gasteiger partial charge in [-0.2, -0.15) is 0 Å². The first-order valence-corrected chi connectivity index (χ1v) is 9.25. The summed E-state index contributed by atoms with van der Waals surface area (Å²) >= 11 is 0. The Labute approximate surface area is 169 Å². The fourth-order valence-electron chi connectivity index (χ4n) is 2.57. The van der Waals surface area contributed by atoms with Gasteiger partial charge in [-0.1, -0.05) is 32.0 Å². The summed E-state index contributed by atoms with van der Waals surface area (Å²) in [6.45, 7) is 4.47. The number of nitrogens with zero attached hydrogens (tertiary/aromatic N) is 1. The highest BCUT2D eigenvalue weighted by Gasteiger charge is 2.23. The van der Waals surface area contributed by atoms with Gasteiger partial charge < -0.3 is 21.3 Å². The van der Waals surface area contributed by atoms with Crippen LogP contribution >= 0.6 is 0 Å². The third-order valence-corrected chi connectivity index (χ3v) is 4.10. The number of rotatable bonds is 9. The van der Waals surface area contributed by atoms with Crippen molar-refractivity contribution in [3.63, 3.8) is 0 Å². The number of carbonyl (C=O) groups is 2. The second kappa shape index (κ2) is 10.6. The number of amides is 3. The smallest absolute Gasteiger partial charge is 0.319 e. The fraction of sp³-hybridized carbons (Fsp3) is 0.300. The molecule has 0 saturated heterocycles. The first-order valence-electron chi connectivity index (χ1n) is 9.25. The van der Waals surface area contributed by atoms with Gasteiger partial charge >= 0.3 is 6.03 Å². The van der Waals surface area contributed by atoms with Crippen molar-refractivity contribution in [1.82, 2.24) is 10.6 Å². The fourth-order valence-corrected chi connectivity index (χ4v) is 2.57. The van der Waals surface area contributed by atoms with Gasteiger partial charge in [-0.15, -0.1) is 0 Å². The van der Waals surface area contributed by atoms with Gasteiger partial charge in [-0.05, 0) is 30.2 Å². The zero-order valence-electron chi connectivity index (χ0n) is 16.3. The van der Waals surface area contributed by atoms with Crippen molar-refractivity contribution in [1.29, 1.82) is 0 Å². The molecular formula is C20H25N5O4. The molecule has 2 aromatic rings. The molecule has 0 aromatic heterocycles. The van der Waals surface area contributed by atoms with Crippen molar-refractivity contribution in [2.75, 3.05) is 23.7 Å². The molecule has 9 heteroatoms. The molecule has 29 heavy (non-hydrogen) atoms. The topological polar surface area (TPSA) is 125 Å². The number of carbonyl (C=O) groups excluding carboxylic acids is 2. The van der Waals surface area contributed by atoms with Crippen molar-refractivity contribution in [3.8, 4) is 0 Å². The minimum Gasteiger partial charge on any atom is -0.383 e. The third-order valence-electron chi connectivity index (χ3n) is 4.10. The van der Waals surface area contributed by atoms with Crippen LogP contribution in [-0.4, -0.2) is 36.0 Å². The lowest BCUT2D eigenvalue weighted by Gasteiger charge is -2.22. The molecule has 0 bridgehead atoms. The number of nitro groups is 1. The summed E-state index contributed by atoms with van der Waals surface area (Å²) in [4.78, 5) is 34.8. The molecule has 0 radical (unpaired) electrons. The molecular weight excluding hydrogens is 374 g/mol. The average Bonchev–Trinajstić information content (AvgIpc) is 2.70. The van der Waals surface area contributed by atoms with Gasteiger partial charge in [0, 0.05) is 36.6 Å². The molecule has 9 nitrogen and oxygen atoms in total. The van der Waals surface area contributed by atoms with E-state index < -0.39 is 17.0 Å². The molecule has 1 atom stereocenters. The number of hydrogen-bond acceptors (Lipinski definition) is 5. The van der Waals surface area contributed by atoms with E-state index in [1.807, 2.05) is 19.9 Å². The average molecular weight is 399 g/mol. The number of para-hydroxylation sites is 1. The molecule has 0 heterocycles. The lowest BCUT2D eigenvalue weighted by atomic mass is 10.0. The highest BCUT2D eigenvalue weighted by atomic mass is 16.6. The Morgan fingerprint density at radius 2 is 1.62 bits per heavy atom. The molecule has 154 valence electrons. The van der Waals surface area contributed by atoms with Gasteiger partial charge in [0.05, 0.1) is 4.92 Å². The van der Waals surface area contributed by atoms with Crippen LogP contribution in [0, 0.1) is 16.0 Å². The van der Waals surface area contributed by atoms with Gasteiger partial charge in [0.2, 0.25) is 5.91 Å². The van der Waals surface area contributed by atoms with Gasteiger partial charge in [0.15, 0.2) is 0 Å². The van der Waals surface area contributed by atoms with Crippen molar-refractivity contribution < 1.29 is 14.5 Å². The Morgan fingerprint density at radius 3 is 2.21 bits per heavy atom. The molecule has 0 aliphatic rings. The van der Waals surface area contributed by atoms with E-state index in [1.54, 1.807) is 36.4 Å². The van der Waals surface area contributed by atoms with Crippen LogP contribution in [0.25, 0.3) is 0 Å². The van der Waals surface area contributed by atoms with E-state index in [0.717, 1.165) is 0 Å². The van der Waals surface area contributed by atoms with E-state index in [-0.39, 0.29) is 17.5 Å². The van der Waals surface area contributed by atoms with E-state index in [1.165, 1.54) is 12.1 Å². The maximum absolute atomic E-state index is 12.4. The number of nitrogens with one attached hydrogen (secondary N) is 4. The Bertz CT molecular complexity index is 825. The minimum absolute atomic E-state index is 0.0171. The standard InChI is InChI=1S/C20H25N5O4/c1-14(2)18(24-20(27)23-16-6-4-3-5-7-16)19(26)22-13-12-21-15-8-10-17(11-9-15)25(28)29/h3-11,14,18,21H,12-13H2,1-2H3,(H,22,26)(H2,23,24,27)/t18-/m0/s1. The van der Waals surface area contributed by atoms with Crippen LogP contribution in [0.1, 0.15) is 13.8 Å². The zero-order valence-corrected chi connectivity index (χ0v) is 16.3. The lowest BCUT2D eigenvalue weighted by molar-refractivity contribution is -0.384. The van der Waals surface area contributed by atoms with Crippen molar-refractivity contribution in [2.45, 2.75) is 19.9 Å². The second-order valence-corrected chi connectivity index (χ2v) is 6.71. The van der Waals surface area contributed by atoms with E-state index in [0.29, 0.717) is 24.5 Å². The molecule has 4 N–H and O–H groups in total. The van der Waals surface area contributed by atoms with Crippen LogP contribution in [-0.2, 0) is 4.79 Å². The highest BCUT2D eigenvalue weighted by Crippen LogP contribution is 2.14. The van der Waals surface area contributed by atoms with Gasteiger partial charge in [0.1, 0.15) is 6.04 Å². The van der Waals surface area contributed by atoms with E-state index >= 15 is 0 Å². The van der Waals surface area contributed by atoms with Crippen LogP contribution in [0.5, 0.6) is 0 Å². The Hall–Kier alpha value is -3.62. The molecule has 0 fully saturated rings. The second-order valence-electron chi connectivity index (χ2n) is 6.71. The van der Waals surface area contributed by atoms with Crippen molar-refractivity contribution in [2.24, 2.45) is 5.92 Å². The summed E-state index contributed by atoms with van der Waals surface area (Å²) in [6.07, 6.45) is 0. The number of nitro benzene ring substituents is 1. The third kappa shape index (κ3) is 7.13. The Morgan fingerprint density at radius 1 is 0.966 bits per heavy atom. The Balaban J connectivity index is 1.78. The van der Waals surface area contributed by atoms with E-state index in [9.17, 15) is 19.7 Å². The maximum atomic E-state index is 12.4. The maximum Gasteiger partial charge on any atom is 0.319 e. The van der Waals surface area contributed by atoms with Crippen LogP contribution in [0.15, 0.2) is 54.6 Å². The minimum atomic E-state index is -0.682. The predicted octanol–water partition coefficient (Wildman–Crippen LogP) is 2.97. The highest BCUT2D eigenvalue weighted by molar-refractivity contribution is 5.93. The SMILES string of the molecule is CC(C)[C@H](NC(=O)Nc1ccccc1)C(=O)NCCNc1ccc([N+](=O)[O-])cc1. The van der Waals surface area contributed by atoms with Crippen LogP contribution in [0.4, 0.5) is 21.9 Å². The number of urea groups is 1. The number of benzene rings is 2. The molecule has 2 rings (SSSR count). The van der Waals surface area contributed by atoms with Crippen molar-refractivity contribution >= 4 is 29.0 Å². The van der Waals surface area contributed by atoms with Gasteiger partial charge in [0.25, 0.3) is 5.69 Å². The lowest BCUT2D eigenvalue weighted by Crippen LogP contribution is -2.51. The first kappa shape index (κ1) is 21.7. The quantitative estimate of drug-likeness (QED) is 0.293. The molecule has 2 aromatic carbocycles. The number of hydrogen-bond donors (Lipinski definition) is 4. The summed E-state index contributed by atoms with van der Waals surface area (Å²) < 4.78 is 0. The zero-order chi connectivity index (χ0) is 21.2. The molecule has 0 spiro atoms. The normalized spacial score (nSPS) is 11.4. The molecule has 0 saturated carbocycles. The number of non-ortho nitro benzene ring substituents is 1. The number of anilines is 2. The summed E-state index contributed by atoms with van der Waals surface area (Å²) in [6, 6.07) is 13.9. The summed E-state index contributed by atoms with van der Waals surface area (Å²) in [5.74, 6) is -0.382. The summed E-state index contributed by atoms with van der Waals surface area (Å²) in [5, 5.41) is 21.9. The van der Waals surface area contributed by atoms with Crippen molar-refractivity contribution in [3.05, 3.63) is 64.7 Å². The van der Waals surface area contributed by atoms with Crippen LogP contribution in [0.2, 0.25) is 0 Å². The largest absolute Gasteiger partial charge is 0.383 e. The van der Waals surface area contributed by atoms with Gasteiger partial charge in [-0.25, -0.2) is 4.79 Å². The summed E-state index contributed by atoms with van der Waals surface area (Å²) in [5.41, 5.74) is 1.37. The summed E-state index contributed by atoms with van der Waals surface area (Å²) in [7, 11) is 0. The predicted molar refractivity (Wildman–Crippen MR) is 112 cm³/mol. The monoisotopic (exact) mass is 399 g/mol. The molecule has 0 aliphatic heterocycles. The first-order chi connectivity index (χ1) is 13.9. The van der Waals surface area contributed by atoms with Gasteiger partial charge in [-0.3, -0.25) is 14.9 Å².